The van der Waals surface area contributed by atoms with Gasteiger partial charge in [-0.15, -0.1) is 0 Å². The summed E-state index contributed by atoms with van der Waals surface area (Å²) in [7, 11) is 0. The molecular weight excluding hydrogens is 468 g/mol. The molecule has 0 saturated heterocycles. The van der Waals surface area contributed by atoms with Gasteiger partial charge in [-0.05, 0) is 66.2 Å². The molecule has 0 bridgehead atoms. The molecule has 4 rings (SSSR count). The van der Waals surface area contributed by atoms with Gasteiger partial charge in [0.1, 0.15) is 5.75 Å². The van der Waals surface area contributed by atoms with Crippen LogP contribution in [0.15, 0.2) is 65.3 Å². The number of anilines is 1. The van der Waals surface area contributed by atoms with Crippen molar-refractivity contribution in [1.82, 2.24) is 14.8 Å². The maximum absolute atomic E-state index is 12.6. The number of aryl methyl sites for hydroxylation is 1. The first-order chi connectivity index (χ1) is 14.4. The van der Waals surface area contributed by atoms with Crippen molar-refractivity contribution in [2.45, 2.75) is 20.0 Å². The maximum atomic E-state index is 12.6. The second-order valence-corrected chi connectivity index (χ2v) is 8.04. The molecule has 152 valence electrons. The van der Waals surface area contributed by atoms with E-state index in [0.717, 1.165) is 22.4 Å². The third-order valence-electron chi connectivity index (χ3n) is 4.54. The number of ether oxygens (including phenoxy) is 1. The molecule has 0 radical (unpaired) electrons. The van der Waals surface area contributed by atoms with E-state index in [1.54, 1.807) is 36.0 Å². The Hall–Kier alpha value is -2.90. The molecule has 0 aliphatic heterocycles. The number of benzene rings is 2. The van der Waals surface area contributed by atoms with Crippen molar-refractivity contribution >= 4 is 50.2 Å². The molecule has 8 heteroatoms. The van der Waals surface area contributed by atoms with Gasteiger partial charge in [0.2, 0.25) is 0 Å². The van der Waals surface area contributed by atoms with Crippen molar-refractivity contribution in [3.63, 3.8) is 0 Å². The minimum absolute atomic E-state index is 0.286. The fraction of sp³-hybridized carbons (Fsp3) is 0.136. The van der Waals surface area contributed by atoms with Crippen LogP contribution in [0.1, 0.15) is 12.6 Å². The van der Waals surface area contributed by atoms with Crippen LogP contribution in [0.2, 0.25) is 5.02 Å². The summed E-state index contributed by atoms with van der Waals surface area (Å²) < 4.78 is 8.23. The number of nitrogens with one attached hydrogen (secondary N) is 1. The molecule has 6 nitrogen and oxygen atoms in total. The van der Waals surface area contributed by atoms with Crippen molar-refractivity contribution in [2.24, 2.45) is 0 Å². The van der Waals surface area contributed by atoms with E-state index < -0.39 is 6.10 Å². The second kappa shape index (κ2) is 8.45. The van der Waals surface area contributed by atoms with Crippen molar-refractivity contribution in [3.05, 3.63) is 76.0 Å². The molecular formula is C22H18BrClN4O2. The van der Waals surface area contributed by atoms with Crippen molar-refractivity contribution in [1.29, 1.82) is 0 Å². The lowest BCUT2D eigenvalue weighted by atomic mass is 10.2. The third kappa shape index (κ3) is 4.17. The molecule has 2 aromatic carbocycles. The Labute approximate surface area is 187 Å². The number of aromatic nitrogens is 3. The minimum atomic E-state index is -0.716. The van der Waals surface area contributed by atoms with Gasteiger partial charge in [0.25, 0.3) is 5.91 Å². The van der Waals surface area contributed by atoms with Crippen LogP contribution < -0.4 is 10.1 Å². The standard InChI is InChI=1S/C22H18BrClN4O2/c1-13-18-11-16(12-25-21(18)28(27-13)17-6-4-3-5-7-17)26-22(29)14(2)30-20-9-8-15(24)10-19(20)23/h3-12,14H,1-2H3,(H,26,29). The zero-order valence-electron chi connectivity index (χ0n) is 16.3. The zero-order valence-corrected chi connectivity index (χ0v) is 18.6. The molecule has 2 heterocycles. The number of nitrogens with zero attached hydrogens (tertiary/aromatic N) is 3. The summed E-state index contributed by atoms with van der Waals surface area (Å²) in [6.07, 6.45) is 0.900. The van der Waals surface area contributed by atoms with Gasteiger partial charge in [0, 0.05) is 10.4 Å². The fourth-order valence-corrected chi connectivity index (χ4v) is 3.80. The van der Waals surface area contributed by atoms with Crippen molar-refractivity contribution in [2.75, 3.05) is 5.32 Å². The monoisotopic (exact) mass is 484 g/mol. The number of halogens is 2. The number of carbonyl (C=O) groups is 1. The normalized spacial score (nSPS) is 12.0. The first-order valence-electron chi connectivity index (χ1n) is 9.26. The number of fused-ring (bicyclic) bond motifs is 1. The Bertz CT molecular complexity index is 1230. The second-order valence-electron chi connectivity index (χ2n) is 6.75. The van der Waals surface area contributed by atoms with Gasteiger partial charge in [-0.1, -0.05) is 29.8 Å². The Morgan fingerprint density at radius 1 is 1.20 bits per heavy atom. The molecule has 2 aromatic heterocycles. The van der Waals surface area contributed by atoms with Crippen LogP contribution in [0, 0.1) is 6.92 Å². The first kappa shape index (κ1) is 20.4. The van der Waals surface area contributed by atoms with Gasteiger partial charge in [-0.2, -0.15) is 5.10 Å². The number of pyridine rings is 1. The number of hydrogen-bond donors (Lipinski definition) is 1. The number of hydrogen-bond acceptors (Lipinski definition) is 4. The quantitative estimate of drug-likeness (QED) is 0.402. The molecule has 1 amide bonds. The molecule has 1 N–H and O–H groups in total. The predicted molar refractivity (Wildman–Crippen MR) is 121 cm³/mol. The minimum Gasteiger partial charge on any atom is -0.480 e. The van der Waals surface area contributed by atoms with E-state index in [4.69, 9.17) is 16.3 Å². The lowest BCUT2D eigenvalue weighted by molar-refractivity contribution is -0.122. The third-order valence-corrected chi connectivity index (χ3v) is 5.40. The van der Waals surface area contributed by atoms with Gasteiger partial charge in [-0.3, -0.25) is 4.79 Å². The molecule has 0 saturated carbocycles. The van der Waals surface area contributed by atoms with Crippen LogP contribution in [0.5, 0.6) is 5.75 Å². The highest BCUT2D eigenvalue weighted by atomic mass is 79.9. The van der Waals surface area contributed by atoms with Crippen LogP contribution in [-0.4, -0.2) is 26.8 Å². The van der Waals surface area contributed by atoms with Crippen LogP contribution in [-0.2, 0) is 4.79 Å². The van der Waals surface area contributed by atoms with E-state index in [1.807, 2.05) is 43.3 Å². The summed E-state index contributed by atoms with van der Waals surface area (Å²) in [5.74, 6) is 0.252. The van der Waals surface area contributed by atoms with E-state index in [-0.39, 0.29) is 5.91 Å². The van der Waals surface area contributed by atoms with E-state index >= 15 is 0 Å². The molecule has 30 heavy (non-hydrogen) atoms. The smallest absolute Gasteiger partial charge is 0.265 e. The summed E-state index contributed by atoms with van der Waals surface area (Å²) >= 11 is 9.33. The summed E-state index contributed by atoms with van der Waals surface area (Å²) in [5.41, 5.74) is 3.06. The van der Waals surface area contributed by atoms with Gasteiger partial charge >= 0.3 is 0 Å². The Morgan fingerprint density at radius 2 is 1.97 bits per heavy atom. The summed E-state index contributed by atoms with van der Waals surface area (Å²) in [4.78, 5) is 17.1. The molecule has 0 aliphatic carbocycles. The number of amides is 1. The largest absolute Gasteiger partial charge is 0.480 e. The highest BCUT2D eigenvalue weighted by Gasteiger charge is 2.18. The first-order valence-corrected chi connectivity index (χ1v) is 10.4. The van der Waals surface area contributed by atoms with Gasteiger partial charge in [-0.25, -0.2) is 9.67 Å². The Morgan fingerprint density at radius 3 is 2.70 bits per heavy atom. The number of rotatable bonds is 5. The van der Waals surface area contributed by atoms with Gasteiger partial charge in [0.15, 0.2) is 11.8 Å². The Balaban J connectivity index is 1.53. The molecule has 0 spiro atoms. The summed E-state index contributed by atoms with van der Waals surface area (Å²) in [6.45, 7) is 3.60. The number of carbonyl (C=O) groups excluding carboxylic acids is 1. The van der Waals surface area contributed by atoms with Crippen LogP contribution in [0.4, 0.5) is 5.69 Å². The highest BCUT2D eigenvalue weighted by molar-refractivity contribution is 9.10. The average molecular weight is 486 g/mol. The van der Waals surface area contributed by atoms with Gasteiger partial charge < -0.3 is 10.1 Å². The molecule has 1 atom stereocenters. The van der Waals surface area contributed by atoms with E-state index in [1.165, 1.54) is 0 Å². The summed E-state index contributed by atoms with van der Waals surface area (Å²) in [6, 6.07) is 16.8. The summed E-state index contributed by atoms with van der Waals surface area (Å²) in [5, 5.41) is 8.89. The van der Waals surface area contributed by atoms with Crippen LogP contribution in [0.3, 0.4) is 0 Å². The Kier molecular flexibility index (Phi) is 5.74. The van der Waals surface area contributed by atoms with Crippen molar-refractivity contribution < 1.29 is 9.53 Å². The van der Waals surface area contributed by atoms with E-state index in [2.05, 4.69) is 31.3 Å². The van der Waals surface area contributed by atoms with E-state index in [0.29, 0.717) is 20.9 Å². The van der Waals surface area contributed by atoms with Crippen LogP contribution in [0.25, 0.3) is 16.7 Å². The highest BCUT2D eigenvalue weighted by Crippen LogP contribution is 2.29. The molecule has 0 aliphatic rings. The predicted octanol–water partition coefficient (Wildman–Crippen LogP) is 5.55. The maximum Gasteiger partial charge on any atom is 0.265 e. The van der Waals surface area contributed by atoms with E-state index in [9.17, 15) is 4.79 Å². The van der Waals surface area contributed by atoms with Crippen LogP contribution >= 0.6 is 27.5 Å². The average Bonchev–Trinajstić information content (AvgIpc) is 3.07. The number of para-hydroxylation sites is 1. The zero-order chi connectivity index (χ0) is 21.3. The van der Waals surface area contributed by atoms with Gasteiger partial charge in [0.05, 0.1) is 27.7 Å². The SMILES string of the molecule is Cc1nn(-c2ccccc2)c2ncc(NC(=O)C(C)Oc3ccc(Cl)cc3Br)cc12. The molecule has 1 unspecified atom stereocenters. The topological polar surface area (TPSA) is 69.0 Å². The molecule has 4 aromatic rings. The lowest BCUT2D eigenvalue weighted by Gasteiger charge is -2.16. The fourth-order valence-electron chi connectivity index (χ4n) is 3.02. The van der Waals surface area contributed by atoms with Crippen molar-refractivity contribution in [3.8, 4) is 11.4 Å². The lowest BCUT2D eigenvalue weighted by Crippen LogP contribution is -2.30. The molecule has 0 fully saturated rings.